The molecular weight excluding hydrogens is 677 g/mol. The van der Waals surface area contributed by atoms with Crippen LogP contribution in [-0.2, 0) is 32.6 Å². The Kier molecular flexibility index (Phi) is 9.77. The number of carbonyl (C=O) groups is 4. The van der Waals surface area contributed by atoms with Crippen molar-refractivity contribution in [3.8, 4) is 0 Å². The van der Waals surface area contributed by atoms with Crippen LogP contribution in [0.1, 0.15) is 90.2 Å². The highest BCUT2D eigenvalue weighted by molar-refractivity contribution is 8.00. The largest absolute Gasteiger partial charge is 0.480 e. The average molecular weight is 724 g/mol. The van der Waals surface area contributed by atoms with Gasteiger partial charge in [0, 0.05) is 67.4 Å². The van der Waals surface area contributed by atoms with Gasteiger partial charge < -0.3 is 20.8 Å². The number of thioether (sulfide) groups is 1. The minimum Gasteiger partial charge on any atom is -0.480 e. The number of aliphatic carboxylic acids is 1. The van der Waals surface area contributed by atoms with Crippen LogP contribution in [-0.4, -0.2) is 88.6 Å². The third-order valence-electron chi connectivity index (χ3n) is 11.4. The van der Waals surface area contributed by atoms with Crippen LogP contribution in [0.5, 0.6) is 0 Å². The number of carboxylic acid groups (broad SMARTS) is 2. The van der Waals surface area contributed by atoms with Crippen molar-refractivity contribution in [2.75, 3.05) is 43.4 Å². The normalized spacial score (nSPS) is 19.6. The standard InChI is InChI=1S/C41H46N4O6S/c1-4-43-14-7-10-24-18-28-30(20-33(24)43)41(2,3)31-21-34-25(19-29(31)37(28)26-12-5-6-13-27(26)39(48)49)11-8-15-44(34)16-9-17-45-36(46)22-35(38(45)47)52-23-32(42)40(50)51/h5-6,12-13,18-21,32,35H,4,7-11,14-17,22-23,42H2,1-3H3,(H-,48,49,50,51)/p+1. The molecule has 4 N–H and O–H groups in total. The van der Waals surface area contributed by atoms with Crippen molar-refractivity contribution in [2.24, 2.45) is 5.73 Å². The fourth-order valence-corrected chi connectivity index (χ4v) is 9.73. The lowest BCUT2D eigenvalue weighted by atomic mass is 9.67. The van der Waals surface area contributed by atoms with E-state index >= 15 is 0 Å². The Bertz CT molecular complexity index is 2130. The monoisotopic (exact) mass is 723 g/mol. The molecule has 272 valence electrons. The molecule has 1 aliphatic carbocycles. The van der Waals surface area contributed by atoms with Crippen LogP contribution in [0.3, 0.4) is 0 Å². The Hall–Kier alpha value is -4.48. The lowest BCUT2D eigenvalue weighted by molar-refractivity contribution is -0.139. The maximum Gasteiger partial charge on any atom is 0.336 e. The number of anilines is 1. The Morgan fingerprint density at radius 1 is 1.02 bits per heavy atom. The first-order valence-corrected chi connectivity index (χ1v) is 19.4. The van der Waals surface area contributed by atoms with Crippen LogP contribution in [0.25, 0.3) is 5.57 Å². The molecule has 10 nitrogen and oxygen atoms in total. The van der Waals surface area contributed by atoms with Gasteiger partial charge in [-0.3, -0.25) is 19.3 Å². The van der Waals surface area contributed by atoms with Gasteiger partial charge in [-0.25, -0.2) is 9.37 Å². The van der Waals surface area contributed by atoms with Gasteiger partial charge in [0.2, 0.25) is 17.2 Å². The molecule has 2 unspecified atom stereocenters. The van der Waals surface area contributed by atoms with Gasteiger partial charge in [0.1, 0.15) is 19.1 Å². The fraction of sp³-hybridized carbons (Fsp3) is 0.439. The number of nitrogens with zero attached hydrogens (tertiary/aromatic N) is 3. The molecule has 7 rings (SSSR count). The first kappa shape index (κ1) is 35.9. The molecule has 3 aliphatic heterocycles. The van der Waals surface area contributed by atoms with E-state index in [1.165, 1.54) is 27.3 Å². The summed E-state index contributed by atoms with van der Waals surface area (Å²) in [5.41, 5.74) is 14.5. The summed E-state index contributed by atoms with van der Waals surface area (Å²) in [5, 5.41) is 21.1. The van der Waals surface area contributed by atoms with Gasteiger partial charge in [-0.2, -0.15) is 0 Å². The Morgan fingerprint density at radius 3 is 2.54 bits per heavy atom. The topological polar surface area (TPSA) is 144 Å². The summed E-state index contributed by atoms with van der Waals surface area (Å²) < 4.78 is 2.37. The van der Waals surface area contributed by atoms with E-state index in [0.717, 1.165) is 89.9 Å². The van der Waals surface area contributed by atoms with Gasteiger partial charge in [0.25, 0.3) is 0 Å². The number of imide groups is 1. The minimum absolute atomic E-state index is 0.0636. The number of nitrogens with two attached hydrogens (primary N) is 1. The number of hydrogen-bond acceptors (Lipinski definition) is 7. The van der Waals surface area contributed by atoms with Gasteiger partial charge in [-0.15, -0.1) is 11.8 Å². The van der Waals surface area contributed by atoms with Gasteiger partial charge in [-0.05, 0) is 89.1 Å². The molecule has 52 heavy (non-hydrogen) atoms. The highest BCUT2D eigenvalue weighted by Gasteiger charge is 2.40. The van der Waals surface area contributed by atoms with Crippen molar-refractivity contribution in [1.82, 2.24) is 9.48 Å². The number of carboxylic acids is 2. The number of hydrogen-bond donors (Lipinski definition) is 3. The second kappa shape index (κ2) is 14.2. The van der Waals surface area contributed by atoms with Gasteiger partial charge >= 0.3 is 11.9 Å². The zero-order chi connectivity index (χ0) is 36.9. The second-order valence-electron chi connectivity index (χ2n) is 14.9. The first-order valence-electron chi connectivity index (χ1n) is 18.4. The lowest BCUT2D eigenvalue weighted by Gasteiger charge is -2.38. The molecule has 1 fully saturated rings. The Labute approximate surface area is 308 Å². The first-order chi connectivity index (χ1) is 24.9. The molecule has 3 aromatic rings. The average Bonchev–Trinajstić information content (AvgIpc) is 3.40. The van der Waals surface area contributed by atoms with Crippen LogP contribution < -0.4 is 25.8 Å². The summed E-state index contributed by atoms with van der Waals surface area (Å²) in [6, 6.07) is 15.6. The third-order valence-corrected chi connectivity index (χ3v) is 12.7. The van der Waals surface area contributed by atoms with Crippen molar-refractivity contribution >= 4 is 46.8 Å². The minimum atomic E-state index is -1.13. The molecule has 1 saturated heterocycles. The smallest absolute Gasteiger partial charge is 0.336 e. The number of rotatable bonds is 11. The number of likely N-dealkylation sites (tertiary alicyclic amines) is 1. The summed E-state index contributed by atoms with van der Waals surface area (Å²) in [7, 11) is 0. The highest BCUT2D eigenvalue weighted by atomic mass is 32.2. The van der Waals surface area contributed by atoms with Crippen LogP contribution in [0.4, 0.5) is 5.69 Å². The van der Waals surface area contributed by atoms with Crippen molar-refractivity contribution in [3.05, 3.63) is 98.1 Å². The number of fused-ring (bicyclic) bond motifs is 4. The van der Waals surface area contributed by atoms with Crippen molar-refractivity contribution in [2.45, 2.75) is 76.0 Å². The lowest BCUT2D eigenvalue weighted by Crippen LogP contribution is -2.44. The molecule has 3 aromatic carbocycles. The van der Waals surface area contributed by atoms with E-state index in [9.17, 15) is 24.3 Å². The number of aromatic carboxylic acids is 1. The van der Waals surface area contributed by atoms with Crippen molar-refractivity contribution < 1.29 is 29.4 Å². The van der Waals surface area contributed by atoms with E-state index in [-0.39, 0.29) is 35.0 Å². The second-order valence-corrected chi connectivity index (χ2v) is 16.1. The molecule has 0 bridgehead atoms. The number of aryl methyl sites for hydroxylation is 2. The van der Waals surface area contributed by atoms with E-state index in [4.69, 9.17) is 10.8 Å². The summed E-state index contributed by atoms with van der Waals surface area (Å²) in [6.45, 7) is 10.5. The molecule has 0 radical (unpaired) electrons. The molecule has 0 aromatic heterocycles. The SMILES string of the molecule is CCN1CCCc2cc3c(cc21)C(C)(C)c1cc2c(cc1=C3c1ccccc1C(=O)O)CCC[N+]=2CCCN1C(=O)CC(SCC(N)C(=O)O)C1=O. The summed E-state index contributed by atoms with van der Waals surface area (Å²) in [6.07, 6.45) is 4.61. The van der Waals surface area contributed by atoms with Crippen LogP contribution in [0.15, 0.2) is 48.5 Å². The number of carbonyl (C=O) groups excluding carboxylic acids is 2. The van der Waals surface area contributed by atoms with Crippen LogP contribution in [0, 0.1) is 0 Å². The molecule has 0 spiro atoms. The number of amides is 2. The molecule has 0 saturated carbocycles. The van der Waals surface area contributed by atoms with Crippen molar-refractivity contribution in [1.29, 1.82) is 0 Å². The van der Waals surface area contributed by atoms with Gasteiger partial charge in [0.15, 0.2) is 0 Å². The summed E-state index contributed by atoms with van der Waals surface area (Å²) in [4.78, 5) is 53.5. The van der Waals surface area contributed by atoms with E-state index in [1.807, 2.05) is 12.1 Å². The van der Waals surface area contributed by atoms with Crippen molar-refractivity contribution in [3.63, 3.8) is 0 Å². The van der Waals surface area contributed by atoms with E-state index < -0.39 is 23.2 Å². The molecule has 2 atom stereocenters. The van der Waals surface area contributed by atoms with Gasteiger partial charge in [-0.1, -0.05) is 32.0 Å². The Morgan fingerprint density at radius 2 is 1.79 bits per heavy atom. The van der Waals surface area contributed by atoms with Crippen LogP contribution in [0.2, 0.25) is 0 Å². The maximum atomic E-state index is 13.1. The molecule has 4 aliphatic rings. The van der Waals surface area contributed by atoms with Crippen LogP contribution >= 0.6 is 11.8 Å². The molecule has 2 amide bonds. The number of benzene rings is 3. The van der Waals surface area contributed by atoms with Gasteiger partial charge in [0.05, 0.1) is 10.8 Å². The fourth-order valence-electron chi connectivity index (χ4n) is 8.62. The van der Waals surface area contributed by atoms with E-state index in [2.05, 4.69) is 54.5 Å². The zero-order valence-corrected chi connectivity index (χ0v) is 30.9. The zero-order valence-electron chi connectivity index (χ0n) is 30.1. The molecule has 11 heteroatoms. The van der Waals surface area contributed by atoms with E-state index in [1.54, 1.807) is 12.1 Å². The van der Waals surface area contributed by atoms with E-state index in [0.29, 0.717) is 19.5 Å². The maximum absolute atomic E-state index is 13.1. The third kappa shape index (κ3) is 6.32. The molecule has 3 heterocycles. The molecular formula is C41H47N4O6S+. The quantitative estimate of drug-likeness (QED) is 0.201. The highest BCUT2D eigenvalue weighted by Crippen LogP contribution is 2.44. The predicted octanol–water partition coefficient (Wildman–Crippen LogP) is 3.14. The Balaban J connectivity index is 1.29. The summed E-state index contributed by atoms with van der Waals surface area (Å²) >= 11 is 1.14. The predicted molar refractivity (Wildman–Crippen MR) is 203 cm³/mol. The summed E-state index contributed by atoms with van der Waals surface area (Å²) in [5.74, 6) is -2.50.